The van der Waals surface area contributed by atoms with Gasteiger partial charge in [0.25, 0.3) is 0 Å². The first kappa shape index (κ1) is 14.3. The van der Waals surface area contributed by atoms with E-state index in [4.69, 9.17) is 5.21 Å². The predicted molar refractivity (Wildman–Crippen MR) is 59.7 cm³/mol. The van der Waals surface area contributed by atoms with Crippen LogP contribution in [-0.4, -0.2) is 23.4 Å². The van der Waals surface area contributed by atoms with Crippen molar-refractivity contribution in [2.24, 2.45) is 4.99 Å². The van der Waals surface area contributed by atoms with Gasteiger partial charge in [-0.25, -0.2) is 0 Å². The van der Waals surface area contributed by atoms with Gasteiger partial charge in [-0.3, -0.25) is 15.7 Å². The fraction of sp³-hybridized carbons (Fsp3) is 0.364. The smallest absolute Gasteiger partial charge is 0.406 e. The van der Waals surface area contributed by atoms with E-state index in [1.807, 2.05) is 5.48 Å². The highest BCUT2D eigenvalue weighted by molar-refractivity contribution is 5.98. The first-order valence-electron chi connectivity index (χ1n) is 5.16. The Morgan fingerprint density at radius 3 is 2.22 bits per heavy atom. The van der Waals surface area contributed by atoms with Crippen molar-refractivity contribution in [2.75, 3.05) is 0 Å². The molecule has 0 spiro atoms. The van der Waals surface area contributed by atoms with Crippen LogP contribution in [-0.2, 0) is 0 Å². The number of hydrogen-bond donors (Lipinski definition) is 2. The Morgan fingerprint density at radius 2 is 1.83 bits per heavy atom. The van der Waals surface area contributed by atoms with Gasteiger partial charge in [-0.15, -0.1) is 13.2 Å². The fourth-order valence-corrected chi connectivity index (χ4v) is 1.24. The lowest BCUT2D eigenvalue weighted by molar-refractivity contribution is -0.274. The minimum atomic E-state index is -4.72. The Hall–Kier alpha value is -1.76. The van der Waals surface area contributed by atoms with Crippen LogP contribution >= 0.6 is 0 Å². The van der Waals surface area contributed by atoms with Crippen molar-refractivity contribution in [1.82, 2.24) is 5.48 Å². The number of aliphatic imine (C=N–C) groups is 1. The van der Waals surface area contributed by atoms with Crippen molar-refractivity contribution in [3.63, 3.8) is 0 Å². The molecule has 4 nitrogen and oxygen atoms in total. The van der Waals surface area contributed by atoms with E-state index in [1.54, 1.807) is 13.8 Å². The van der Waals surface area contributed by atoms with Crippen molar-refractivity contribution in [3.05, 3.63) is 29.8 Å². The van der Waals surface area contributed by atoms with Crippen molar-refractivity contribution < 1.29 is 23.1 Å². The zero-order valence-corrected chi connectivity index (χ0v) is 9.82. The number of halogens is 3. The van der Waals surface area contributed by atoms with E-state index in [-0.39, 0.29) is 17.6 Å². The fourth-order valence-electron chi connectivity index (χ4n) is 1.24. The van der Waals surface area contributed by atoms with Gasteiger partial charge in [0.1, 0.15) is 5.75 Å². The molecule has 0 saturated carbocycles. The molecule has 1 aromatic rings. The molecule has 7 heteroatoms. The zero-order chi connectivity index (χ0) is 13.8. The second kappa shape index (κ2) is 5.72. The maximum atomic E-state index is 11.9. The van der Waals surface area contributed by atoms with Gasteiger partial charge in [0.15, 0.2) is 5.84 Å². The summed E-state index contributed by atoms with van der Waals surface area (Å²) in [5.41, 5.74) is 2.36. The largest absolute Gasteiger partial charge is 0.573 e. The molecule has 100 valence electrons. The molecule has 0 aliphatic heterocycles. The number of hydroxylamine groups is 1. The average molecular weight is 262 g/mol. The summed E-state index contributed by atoms with van der Waals surface area (Å²) in [6, 6.07) is 4.97. The topological polar surface area (TPSA) is 53.9 Å². The summed E-state index contributed by atoms with van der Waals surface area (Å²) in [6.45, 7) is 3.61. The third-order valence-corrected chi connectivity index (χ3v) is 1.85. The Morgan fingerprint density at radius 1 is 1.28 bits per heavy atom. The number of ether oxygens (including phenoxy) is 1. The SMILES string of the molecule is CC(C)N=C(NO)c1ccc(OC(F)(F)F)cc1. The van der Waals surface area contributed by atoms with E-state index >= 15 is 0 Å². The minimum Gasteiger partial charge on any atom is -0.406 e. The summed E-state index contributed by atoms with van der Waals surface area (Å²) in [7, 11) is 0. The van der Waals surface area contributed by atoms with Gasteiger partial charge < -0.3 is 4.74 Å². The summed E-state index contributed by atoms with van der Waals surface area (Å²) in [6.07, 6.45) is -4.72. The number of alkyl halides is 3. The molecule has 0 aliphatic carbocycles. The quantitative estimate of drug-likeness (QED) is 0.500. The van der Waals surface area contributed by atoms with Crippen LogP contribution in [0.2, 0.25) is 0 Å². The maximum absolute atomic E-state index is 11.9. The van der Waals surface area contributed by atoms with Gasteiger partial charge in [0.2, 0.25) is 0 Å². The highest BCUT2D eigenvalue weighted by Crippen LogP contribution is 2.22. The molecule has 0 radical (unpaired) electrons. The number of nitrogens with one attached hydrogen (secondary N) is 1. The first-order chi connectivity index (χ1) is 8.31. The van der Waals surface area contributed by atoms with Crippen LogP contribution in [0.25, 0.3) is 0 Å². The summed E-state index contributed by atoms with van der Waals surface area (Å²) in [5.74, 6) is -0.142. The third kappa shape index (κ3) is 4.62. The molecule has 0 amide bonds. The normalized spacial score (nSPS) is 12.7. The molecule has 0 aromatic heterocycles. The average Bonchev–Trinajstić information content (AvgIpc) is 2.24. The van der Waals surface area contributed by atoms with Gasteiger partial charge in [-0.1, -0.05) is 0 Å². The molecule has 0 bridgehead atoms. The summed E-state index contributed by atoms with van der Waals surface area (Å²) >= 11 is 0. The Bertz CT molecular complexity index is 413. The molecule has 0 atom stereocenters. The molecule has 0 heterocycles. The highest BCUT2D eigenvalue weighted by atomic mass is 19.4. The Labute approximate surface area is 102 Å². The van der Waals surface area contributed by atoms with E-state index in [9.17, 15) is 13.2 Å². The number of nitrogens with zero attached hydrogens (tertiary/aromatic N) is 1. The Balaban J connectivity index is 2.88. The van der Waals surface area contributed by atoms with Gasteiger partial charge >= 0.3 is 6.36 Å². The van der Waals surface area contributed by atoms with Crippen LogP contribution in [0.5, 0.6) is 5.75 Å². The van der Waals surface area contributed by atoms with Crippen LogP contribution in [0.15, 0.2) is 29.3 Å². The van der Waals surface area contributed by atoms with E-state index < -0.39 is 6.36 Å². The first-order valence-corrected chi connectivity index (χ1v) is 5.16. The second-order valence-electron chi connectivity index (χ2n) is 3.76. The standard InChI is InChI=1S/C11H13F3N2O2/c1-7(2)15-10(16-17)8-3-5-9(6-4-8)18-11(12,13)14/h3-7,17H,1-2H3,(H,15,16). The molecule has 1 aromatic carbocycles. The Kier molecular flexibility index (Phi) is 4.55. The highest BCUT2D eigenvalue weighted by Gasteiger charge is 2.30. The third-order valence-electron chi connectivity index (χ3n) is 1.85. The van der Waals surface area contributed by atoms with E-state index in [0.717, 1.165) is 12.1 Å². The molecule has 0 unspecified atom stereocenters. The molecule has 1 rings (SSSR count). The lowest BCUT2D eigenvalue weighted by atomic mass is 10.2. The van der Waals surface area contributed by atoms with Crippen LogP contribution in [0, 0.1) is 0 Å². The number of benzene rings is 1. The van der Waals surface area contributed by atoms with E-state index in [1.165, 1.54) is 12.1 Å². The van der Waals surface area contributed by atoms with Crippen molar-refractivity contribution in [1.29, 1.82) is 0 Å². The summed E-state index contributed by atoms with van der Waals surface area (Å²) < 4.78 is 39.5. The summed E-state index contributed by atoms with van der Waals surface area (Å²) in [5, 5.41) is 8.89. The molecule has 2 N–H and O–H groups in total. The van der Waals surface area contributed by atoms with E-state index in [2.05, 4.69) is 9.73 Å². The van der Waals surface area contributed by atoms with Crippen molar-refractivity contribution >= 4 is 5.84 Å². The van der Waals surface area contributed by atoms with Crippen LogP contribution < -0.4 is 10.2 Å². The minimum absolute atomic E-state index is 0.0641. The van der Waals surface area contributed by atoms with E-state index in [0.29, 0.717) is 5.56 Å². The molecule has 0 aliphatic rings. The zero-order valence-electron chi connectivity index (χ0n) is 9.82. The van der Waals surface area contributed by atoms with Crippen molar-refractivity contribution in [3.8, 4) is 5.75 Å². The monoisotopic (exact) mass is 262 g/mol. The maximum Gasteiger partial charge on any atom is 0.573 e. The molecular formula is C11H13F3N2O2. The molecule has 0 fully saturated rings. The summed E-state index contributed by atoms with van der Waals surface area (Å²) in [4.78, 5) is 4.06. The number of amidine groups is 1. The van der Waals surface area contributed by atoms with Gasteiger partial charge in [0, 0.05) is 11.6 Å². The second-order valence-corrected chi connectivity index (χ2v) is 3.76. The van der Waals surface area contributed by atoms with Crippen LogP contribution in [0.1, 0.15) is 19.4 Å². The van der Waals surface area contributed by atoms with Gasteiger partial charge in [-0.05, 0) is 38.1 Å². The van der Waals surface area contributed by atoms with Crippen molar-refractivity contribution in [2.45, 2.75) is 26.3 Å². The van der Waals surface area contributed by atoms with Gasteiger partial charge in [-0.2, -0.15) is 0 Å². The van der Waals surface area contributed by atoms with Crippen LogP contribution in [0.3, 0.4) is 0 Å². The molecular weight excluding hydrogens is 249 g/mol. The number of rotatable bonds is 3. The number of hydrogen-bond acceptors (Lipinski definition) is 3. The lowest BCUT2D eigenvalue weighted by Gasteiger charge is -2.10. The predicted octanol–water partition coefficient (Wildman–Crippen LogP) is 2.72. The molecule has 0 saturated heterocycles. The van der Waals surface area contributed by atoms with Gasteiger partial charge in [0.05, 0.1) is 0 Å². The molecule has 18 heavy (non-hydrogen) atoms. The van der Waals surface area contributed by atoms with Crippen LogP contribution in [0.4, 0.5) is 13.2 Å². The lowest BCUT2D eigenvalue weighted by Crippen LogP contribution is -2.22.